The van der Waals surface area contributed by atoms with Crippen LogP contribution in [-0.4, -0.2) is 17.7 Å². The molecule has 0 aliphatic rings. The lowest BCUT2D eigenvalue weighted by molar-refractivity contribution is -0.137. The fourth-order valence-corrected chi connectivity index (χ4v) is 1.79. The molecule has 0 fully saturated rings. The summed E-state index contributed by atoms with van der Waals surface area (Å²) in [4.78, 5) is 11.0. The van der Waals surface area contributed by atoms with Crippen LogP contribution in [-0.2, 0) is 6.18 Å². The predicted molar refractivity (Wildman–Crippen MR) is 77.2 cm³/mol. The molecule has 0 spiro atoms. The summed E-state index contributed by atoms with van der Waals surface area (Å²) in [5.74, 6) is 3.03. The van der Waals surface area contributed by atoms with Crippen molar-refractivity contribution in [3.63, 3.8) is 0 Å². The first-order chi connectivity index (χ1) is 11.3. The van der Waals surface area contributed by atoms with E-state index in [1.807, 2.05) is 0 Å². The summed E-state index contributed by atoms with van der Waals surface area (Å²) in [5, 5.41) is 8.94. The van der Waals surface area contributed by atoms with Crippen molar-refractivity contribution in [3.8, 4) is 17.6 Å². The van der Waals surface area contributed by atoms with E-state index >= 15 is 0 Å². The monoisotopic (exact) mass is 338 g/mol. The molecule has 0 amide bonds. The van der Waals surface area contributed by atoms with Gasteiger partial charge in [0.1, 0.15) is 23.7 Å². The number of carbonyl (C=O) groups is 1. The molecule has 0 radical (unpaired) electrons. The number of hydrogen-bond acceptors (Lipinski definition) is 2. The Hall–Kier alpha value is -3.01. The Kier molecular flexibility index (Phi) is 5.09. The molecule has 2 rings (SSSR count). The Bertz CT molecular complexity index is 799. The highest BCUT2D eigenvalue weighted by molar-refractivity contribution is 5.90. The van der Waals surface area contributed by atoms with Crippen molar-refractivity contribution in [2.75, 3.05) is 6.61 Å². The minimum absolute atomic E-state index is 0.0504. The van der Waals surface area contributed by atoms with E-state index in [1.165, 1.54) is 18.2 Å². The zero-order valence-corrected chi connectivity index (χ0v) is 12.0. The van der Waals surface area contributed by atoms with Crippen molar-refractivity contribution in [1.29, 1.82) is 0 Å². The molecule has 2 aromatic carbocycles. The molecule has 3 nitrogen and oxygen atoms in total. The summed E-state index contributed by atoms with van der Waals surface area (Å²) in [6.07, 6.45) is -4.41. The van der Waals surface area contributed by atoms with Gasteiger partial charge in [-0.3, -0.25) is 0 Å². The molecular weight excluding hydrogens is 328 g/mol. The summed E-state index contributed by atoms with van der Waals surface area (Å²) in [7, 11) is 0. The minimum Gasteiger partial charge on any atom is -0.480 e. The molecule has 0 heterocycles. The highest BCUT2D eigenvalue weighted by atomic mass is 19.4. The van der Waals surface area contributed by atoms with Crippen molar-refractivity contribution in [1.82, 2.24) is 0 Å². The topological polar surface area (TPSA) is 46.5 Å². The Labute approximate surface area is 134 Å². The van der Waals surface area contributed by atoms with Crippen LogP contribution >= 0.6 is 0 Å². The molecule has 0 saturated carbocycles. The third-order valence-electron chi connectivity index (χ3n) is 2.92. The van der Waals surface area contributed by atoms with E-state index in [-0.39, 0.29) is 17.9 Å². The smallest absolute Gasteiger partial charge is 0.416 e. The lowest BCUT2D eigenvalue weighted by atomic mass is 10.1. The standard InChI is InChI=1S/C17H10F4O3/c18-13-7-8-15(14(10-13)16(22)23)24-9-1-2-11-3-5-12(6-4-11)17(19,20)21/h3-8,10H,9H2,(H,22,23). The highest BCUT2D eigenvalue weighted by Crippen LogP contribution is 2.28. The van der Waals surface area contributed by atoms with Crippen molar-refractivity contribution in [3.05, 3.63) is 65.0 Å². The van der Waals surface area contributed by atoms with Crippen LogP contribution in [0.4, 0.5) is 17.6 Å². The zero-order chi connectivity index (χ0) is 17.7. The van der Waals surface area contributed by atoms with Gasteiger partial charge in [0.25, 0.3) is 0 Å². The first kappa shape index (κ1) is 17.3. The molecule has 124 valence electrons. The van der Waals surface area contributed by atoms with Gasteiger partial charge in [-0.05, 0) is 42.5 Å². The van der Waals surface area contributed by atoms with Crippen LogP contribution in [0.5, 0.6) is 5.75 Å². The molecule has 7 heteroatoms. The van der Waals surface area contributed by atoms with Crippen LogP contribution in [0.15, 0.2) is 42.5 Å². The maximum absolute atomic E-state index is 13.0. The fourth-order valence-electron chi connectivity index (χ4n) is 1.79. The molecule has 0 bridgehead atoms. The molecule has 1 N–H and O–H groups in total. The van der Waals surface area contributed by atoms with E-state index in [0.29, 0.717) is 5.56 Å². The molecule has 0 aromatic heterocycles. The summed E-state index contributed by atoms with van der Waals surface area (Å²) < 4.78 is 55.4. The summed E-state index contributed by atoms with van der Waals surface area (Å²) in [6.45, 7) is -0.201. The third kappa shape index (κ3) is 4.49. The van der Waals surface area contributed by atoms with Crippen molar-refractivity contribution < 1.29 is 32.2 Å². The van der Waals surface area contributed by atoms with Crippen molar-refractivity contribution >= 4 is 5.97 Å². The summed E-state index contributed by atoms with van der Waals surface area (Å²) >= 11 is 0. The molecule has 0 unspecified atom stereocenters. The molecule has 0 aliphatic carbocycles. The number of hydrogen-bond donors (Lipinski definition) is 1. The molecular formula is C17H10F4O3. The molecule has 0 atom stereocenters. The lowest BCUT2D eigenvalue weighted by Crippen LogP contribution is -2.04. The third-order valence-corrected chi connectivity index (χ3v) is 2.92. The van der Waals surface area contributed by atoms with E-state index < -0.39 is 23.5 Å². The maximum Gasteiger partial charge on any atom is 0.416 e. The maximum atomic E-state index is 13.0. The largest absolute Gasteiger partial charge is 0.480 e. The second kappa shape index (κ2) is 7.04. The van der Waals surface area contributed by atoms with Gasteiger partial charge in [-0.15, -0.1) is 0 Å². The predicted octanol–water partition coefficient (Wildman–Crippen LogP) is 3.97. The molecule has 24 heavy (non-hydrogen) atoms. The van der Waals surface area contributed by atoms with Crippen molar-refractivity contribution in [2.24, 2.45) is 0 Å². The quantitative estimate of drug-likeness (QED) is 0.680. The zero-order valence-electron chi connectivity index (χ0n) is 12.0. The lowest BCUT2D eigenvalue weighted by Gasteiger charge is -2.06. The Morgan fingerprint density at radius 2 is 1.79 bits per heavy atom. The van der Waals surface area contributed by atoms with Gasteiger partial charge in [-0.2, -0.15) is 13.2 Å². The number of alkyl halides is 3. The summed E-state index contributed by atoms with van der Waals surface area (Å²) in [6, 6.07) is 7.29. The Morgan fingerprint density at radius 1 is 1.12 bits per heavy atom. The number of benzene rings is 2. The van der Waals surface area contributed by atoms with E-state index in [4.69, 9.17) is 9.84 Å². The number of ether oxygens (including phenoxy) is 1. The van der Waals surface area contributed by atoms with Gasteiger partial charge in [-0.1, -0.05) is 11.8 Å². The van der Waals surface area contributed by atoms with Gasteiger partial charge in [0.2, 0.25) is 0 Å². The van der Waals surface area contributed by atoms with Gasteiger partial charge in [-0.25, -0.2) is 9.18 Å². The van der Waals surface area contributed by atoms with Gasteiger partial charge < -0.3 is 9.84 Å². The van der Waals surface area contributed by atoms with E-state index in [1.54, 1.807) is 0 Å². The van der Waals surface area contributed by atoms with Crippen LogP contribution in [0.1, 0.15) is 21.5 Å². The molecule has 0 aliphatic heterocycles. The average Bonchev–Trinajstić information content (AvgIpc) is 2.52. The SMILES string of the molecule is O=C(O)c1cc(F)ccc1OCC#Cc1ccc(C(F)(F)F)cc1. The van der Waals surface area contributed by atoms with E-state index in [0.717, 1.165) is 24.3 Å². The number of carboxylic acid groups (broad SMARTS) is 1. The number of halogens is 4. The van der Waals surface area contributed by atoms with Gasteiger partial charge in [0.15, 0.2) is 0 Å². The first-order valence-corrected chi connectivity index (χ1v) is 6.59. The van der Waals surface area contributed by atoms with E-state index in [9.17, 15) is 22.4 Å². The first-order valence-electron chi connectivity index (χ1n) is 6.59. The second-order valence-electron chi connectivity index (χ2n) is 4.61. The normalized spacial score (nSPS) is 10.7. The average molecular weight is 338 g/mol. The van der Waals surface area contributed by atoms with Gasteiger partial charge >= 0.3 is 12.1 Å². The minimum atomic E-state index is -4.41. The van der Waals surface area contributed by atoms with Crippen LogP contribution < -0.4 is 4.74 Å². The summed E-state index contributed by atoms with van der Waals surface area (Å²) in [5.41, 5.74) is -0.766. The van der Waals surface area contributed by atoms with Crippen LogP contribution in [0, 0.1) is 17.7 Å². The number of carboxylic acids is 1. The molecule has 0 saturated heterocycles. The van der Waals surface area contributed by atoms with Crippen LogP contribution in [0.25, 0.3) is 0 Å². The van der Waals surface area contributed by atoms with Gasteiger partial charge in [0, 0.05) is 5.56 Å². The van der Waals surface area contributed by atoms with Crippen LogP contribution in [0.2, 0.25) is 0 Å². The van der Waals surface area contributed by atoms with Crippen molar-refractivity contribution in [2.45, 2.75) is 6.18 Å². The number of aromatic carboxylic acids is 1. The second-order valence-corrected chi connectivity index (χ2v) is 4.61. The number of rotatable bonds is 3. The highest BCUT2D eigenvalue weighted by Gasteiger charge is 2.29. The van der Waals surface area contributed by atoms with E-state index in [2.05, 4.69) is 11.8 Å². The molecule has 2 aromatic rings. The fraction of sp³-hybridized carbons (Fsp3) is 0.118. The van der Waals surface area contributed by atoms with Gasteiger partial charge in [0.05, 0.1) is 5.56 Å². The Morgan fingerprint density at radius 3 is 2.38 bits per heavy atom. The Balaban J connectivity index is 2.03. The van der Waals surface area contributed by atoms with Crippen LogP contribution in [0.3, 0.4) is 0 Å².